The second-order valence-electron chi connectivity index (χ2n) is 4.71. The van der Waals surface area contributed by atoms with E-state index in [0.29, 0.717) is 0 Å². The standard InChI is InChI=1S/C11H23NO2Si/c1-13-15(14-2)10-9-12(15)11-7-5-3-4-6-8-11/h11H,3-10H2,1-2H3. The van der Waals surface area contributed by atoms with Crippen molar-refractivity contribution in [3.8, 4) is 0 Å². The largest absolute Gasteiger partial charge is 0.428 e. The average Bonchev–Trinajstić information content (AvgIpc) is 2.48. The maximum absolute atomic E-state index is 5.67. The quantitative estimate of drug-likeness (QED) is 0.547. The van der Waals surface area contributed by atoms with Gasteiger partial charge in [-0.25, -0.2) is 0 Å². The van der Waals surface area contributed by atoms with Crippen LogP contribution in [0.25, 0.3) is 0 Å². The van der Waals surface area contributed by atoms with Crippen LogP contribution in [-0.4, -0.2) is 40.1 Å². The summed E-state index contributed by atoms with van der Waals surface area (Å²) in [7, 11) is 1.74. The van der Waals surface area contributed by atoms with Gasteiger partial charge in [0.2, 0.25) is 0 Å². The van der Waals surface area contributed by atoms with Crippen LogP contribution in [0.3, 0.4) is 0 Å². The van der Waals surface area contributed by atoms with Gasteiger partial charge in [-0.15, -0.1) is 0 Å². The van der Waals surface area contributed by atoms with E-state index in [-0.39, 0.29) is 0 Å². The van der Waals surface area contributed by atoms with Gasteiger partial charge in [0.05, 0.1) is 0 Å². The lowest BCUT2D eigenvalue weighted by molar-refractivity contribution is 0.0918. The smallest absolute Gasteiger partial charge is 0.386 e. The molecule has 1 aliphatic carbocycles. The van der Waals surface area contributed by atoms with E-state index >= 15 is 0 Å². The lowest BCUT2D eigenvalue weighted by Gasteiger charge is -2.50. The summed E-state index contributed by atoms with van der Waals surface area (Å²) in [5.74, 6) is 0. The molecule has 15 heavy (non-hydrogen) atoms. The molecule has 2 fully saturated rings. The Morgan fingerprint density at radius 1 is 1.00 bits per heavy atom. The molecule has 1 aliphatic heterocycles. The van der Waals surface area contributed by atoms with Gasteiger partial charge in [-0.1, -0.05) is 25.7 Å². The van der Waals surface area contributed by atoms with E-state index in [1.165, 1.54) is 45.1 Å². The topological polar surface area (TPSA) is 21.7 Å². The molecule has 0 aromatic heterocycles. The fourth-order valence-corrected chi connectivity index (χ4v) is 5.68. The summed E-state index contributed by atoms with van der Waals surface area (Å²) in [4.78, 5) is 0. The highest BCUT2D eigenvalue weighted by molar-refractivity contribution is 6.67. The van der Waals surface area contributed by atoms with Gasteiger partial charge in [0.1, 0.15) is 0 Å². The fourth-order valence-electron chi connectivity index (χ4n) is 2.98. The Hall–Kier alpha value is 0.0969. The Morgan fingerprint density at radius 3 is 2.00 bits per heavy atom. The van der Waals surface area contributed by atoms with Gasteiger partial charge in [0, 0.05) is 26.3 Å². The van der Waals surface area contributed by atoms with Gasteiger partial charge in [-0.3, -0.25) is 4.57 Å². The first-order chi connectivity index (χ1) is 7.32. The summed E-state index contributed by atoms with van der Waals surface area (Å²) in [5, 5.41) is 0. The number of nitrogens with zero attached hydrogens (tertiary/aromatic N) is 1. The first kappa shape index (κ1) is 11.6. The van der Waals surface area contributed by atoms with Gasteiger partial charge in [0.25, 0.3) is 0 Å². The van der Waals surface area contributed by atoms with E-state index in [0.717, 1.165) is 12.1 Å². The predicted molar refractivity (Wildman–Crippen MR) is 62.8 cm³/mol. The molecular formula is C11H23NO2Si. The van der Waals surface area contributed by atoms with Crippen LogP contribution in [0.1, 0.15) is 38.5 Å². The molecule has 88 valence electrons. The van der Waals surface area contributed by atoms with Crippen LogP contribution in [0.5, 0.6) is 0 Å². The zero-order valence-electron chi connectivity index (χ0n) is 10.00. The van der Waals surface area contributed by atoms with E-state index < -0.39 is 8.72 Å². The van der Waals surface area contributed by atoms with E-state index in [2.05, 4.69) is 4.57 Å². The maximum atomic E-state index is 5.67. The highest BCUT2D eigenvalue weighted by Gasteiger charge is 2.54. The minimum Gasteiger partial charge on any atom is -0.386 e. The molecule has 0 N–H and O–H groups in total. The Balaban J connectivity index is 1.97. The average molecular weight is 229 g/mol. The first-order valence-electron chi connectivity index (χ1n) is 6.19. The van der Waals surface area contributed by atoms with Crippen LogP contribution in [0.4, 0.5) is 0 Å². The monoisotopic (exact) mass is 229 g/mol. The van der Waals surface area contributed by atoms with Gasteiger partial charge in [0.15, 0.2) is 0 Å². The van der Waals surface area contributed by atoms with Crippen LogP contribution in [-0.2, 0) is 8.85 Å². The minimum absolute atomic E-state index is 0.743. The Morgan fingerprint density at radius 2 is 1.60 bits per heavy atom. The second-order valence-corrected chi connectivity index (χ2v) is 8.03. The zero-order valence-corrected chi connectivity index (χ0v) is 11.0. The molecule has 1 heterocycles. The van der Waals surface area contributed by atoms with Crippen molar-refractivity contribution in [2.75, 3.05) is 20.8 Å². The third kappa shape index (κ3) is 2.13. The summed E-state index contributed by atoms with van der Waals surface area (Å²) in [6.45, 7) is 1.19. The summed E-state index contributed by atoms with van der Waals surface area (Å²) < 4.78 is 13.9. The Bertz CT molecular complexity index is 195. The first-order valence-corrected chi connectivity index (χ1v) is 8.16. The molecule has 0 spiro atoms. The molecule has 0 radical (unpaired) electrons. The lowest BCUT2D eigenvalue weighted by Crippen LogP contribution is -2.70. The molecule has 3 nitrogen and oxygen atoms in total. The minimum atomic E-state index is -1.90. The number of hydrogen-bond acceptors (Lipinski definition) is 3. The lowest BCUT2D eigenvalue weighted by atomic mass is 10.1. The normalized spacial score (nSPS) is 28.4. The van der Waals surface area contributed by atoms with Gasteiger partial charge >= 0.3 is 8.72 Å². The van der Waals surface area contributed by atoms with Crippen LogP contribution in [0.15, 0.2) is 0 Å². The van der Waals surface area contributed by atoms with Crippen molar-refractivity contribution >= 4 is 8.72 Å². The van der Waals surface area contributed by atoms with Gasteiger partial charge < -0.3 is 8.85 Å². The van der Waals surface area contributed by atoms with Gasteiger partial charge in [-0.05, 0) is 19.4 Å². The Kier molecular flexibility index (Phi) is 3.82. The highest BCUT2D eigenvalue weighted by Crippen LogP contribution is 2.35. The van der Waals surface area contributed by atoms with Gasteiger partial charge in [-0.2, -0.15) is 0 Å². The molecular weight excluding hydrogens is 206 g/mol. The van der Waals surface area contributed by atoms with Crippen LogP contribution in [0, 0.1) is 0 Å². The summed E-state index contributed by atoms with van der Waals surface area (Å²) >= 11 is 0. The maximum Gasteiger partial charge on any atom is 0.428 e. The molecule has 4 heteroatoms. The molecule has 1 saturated heterocycles. The molecule has 0 unspecified atom stereocenters. The third-order valence-corrected chi connectivity index (χ3v) is 7.60. The SMILES string of the molecule is CO[Si]1(OC)CCN1C1CCCCCC1. The van der Waals surface area contributed by atoms with Crippen molar-refractivity contribution in [1.29, 1.82) is 0 Å². The zero-order chi connectivity index (χ0) is 10.7. The molecule has 0 aromatic carbocycles. The van der Waals surface area contributed by atoms with Crippen molar-refractivity contribution in [1.82, 2.24) is 4.57 Å². The molecule has 0 aromatic rings. The van der Waals surface area contributed by atoms with Crippen molar-refractivity contribution in [3.63, 3.8) is 0 Å². The summed E-state index contributed by atoms with van der Waals surface area (Å²) in [6, 6.07) is 1.89. The molecule has 0 bridgehead atoms. The Labute approximate surface area is 94.1 Å². The molecule has 2 aliphatic rings. The number of hydrogen-bond donors (Lipinski definition) is 0. The molecule has 2 rings (SSSR count). The summed E-state index contributed by atoms with van der Waals surface area (Å²) in [5.41, 5.74) is 0. The van der Waals surface area contributed by atoms with Crippen molar-refractivity contribution < 1.29 is 8.85 Å². The predicted octanol–water partition coefficient (Wildman–Crippen LogP) is 2.26. The van der Waals surface area contributed by atoms with E-state index in [4.69, 9.17) is 8.85 Å². The molecule has 0 atom stereocenters. The fraction of sp³-hybridized carbons (Fsp3) is 1.00. The number of rotatable bonds is 3. The molecule has 0 amide bonds. The summed E-state index contributed by atoms with van der Waals surface area (Å²) in [6.07, 6.45) is 8.30. The van der Waals surface area contributed by atoms with Crippen LogP contribution in [0.2, 0.25) is 6.04 Å². The van der Waals surface area contributed by atoms with Crippen molar-refractivity contribution in [2.24, 2.45) is 0 Å². The van der Waals surface area contributed by atoms with E-state index in [9.17, 15) is 0 Å². The molecule has 1 saturated carbocycles. The second kappa shape index (κ2) is 4.95. The third-order valence-electron chi connectivity index (χ3n) is 4.01. The van der Waals surface area contributed by atoms with Crippen molar-refractivity contribution in [2.45, 2.75) is 50.6 Å². The van der Waals surface area contributed by atoms with Crippen molar-refractivity contribution in [3.05, 3.63) is 0 Å². The highest BCUT2D eigenvalue weighted by atomic mass is 28.4. The van der Waals surface area contributed by atoms with Crippen LogP contribution >= 0.6 is 0 Å². The van der Waals surface area contributed by atoms with E-state index in [1.807, 2.05) is 14.2 Å². The van der Waals surface area contributed by atoms with Crippen LogP contribution < -0.4 is 0 Å². The van der Waals surface area contributed by atoms with E-state index in [1.54, 1.807) is 0 Å².